The summed E-state index contributed by atoms with van der Waals surface area (Å²) in [6.07, 6.45) is 6.32. The van der Waals surface area contributed by atoms with Gasteiger partial charge in [0.05, 0.1) is 17.5 Å². The molecule has 0 radical (unpaired) electrons. The minimum absolute atomic E-state index is 0.528. The lowest BCUT2D eigenvalue weighted by atomic mass is 9.98. The van der Waals surface area contributed by atoms with Crippen LogP contribution >= 0.6 is 0 Å². The number of anilines is 1. The van der Waals surface area contributed by atoms with Crippen molar-refractivity contribution in [3.63, 3.8) is 0 Å². The molecular weight excluding hydrogens is 214 g/mol. The molecule has 3 N–H and O–H groups in total. The topological polar surface area (TPSA) is 62.4 Å². The van der Waals surface area contributed by atoms with Gasteiger partial charge in [0.2, 0.25) is 0 Å². The number of pyridine rings is 1. The molecule has 1 aliphatic heterocycles. The quantitative estimate of drug-likeness (QED) is 0.810. The lowest BCUT2D eigenvalue weighted by Gasteiger charge is -2.25. The van der Waals surface area contributed by atoms with E-state index in [0.717, 1.165) is 43.6 Å². The van der Waals surface area contributed by atoms with Gasteiger partial charge in [-0.05, 0) is 37.8 Å². The second kappa shape index (κ2) is 5.02. The fraction of sp³-hybridized carbons (Fsp3) is 0.615. The molecule has 4 nitrogen and oxygen atoms in total. The van der Waals surface area contributed by atoms with Gasteiger partial charge in [0, 0.05) is 25.8 Å². The van der Waals surface area contributed by atoms with Gasteiger partial charge in [0.25, 0.3) is 0 Å². The summed E-state index contributed by atoms with van der Waals surface area (Å²) in [6, 6.07) is 1.97. The molecule has 1 aromatic heterocycles. The van der Waals surface area contributed by atoms with E-state index in [1.54, 1.807) is 6.20 Å². The van der Waals surface area contributed by atoms with Crippen molar-refractivity contribution in [1.82, 2.24) is 4.98 Å². The lowest BCUT2D eigenvalue weighted by Crippen LogP contribution is -2.29. The SMILES string of the molecule is CC1(O)CCCN(c2cnccc2CN)CC1. The van der Waals surface area contributed by atoms with E-state index in [2.05, 4.69) is 9.88 Å². The predicted octanol–water partition coefficient (Wildman–Crippen LogP) is 1.28. The maximum absolute atomic E-state index is 10.1. The molecule has 0 bridgehead atoms. The molecule has 17 heavy (non-hydrogen) atoms. The largest absolute Gasteiger partial charge is 0.390 e. The first kappa shape index (κ1) is 12.3. The lowest BCUT2D eigenvalue weighted by molar-refractivity contribution is 0.0481. The van der Waals surface area contributed by atoms with Crippen LogP contribution in [0, 0.1) is 0 Å². The molecule has 94 valence electrons. The molecule has 1 aliphatic rings. The van der Waals surface area contributed by atoms with Crippen LogP contribution in [0.3, 0.4) is 0 Å². The first-order chi connectivity index (χ1) is 8.12. The maximum atomic E-state index is 10.1. The molecule has 0 spiro atoms. The number of rotatable bonds is 2. The van der Waals surface area contributed by atoms with Crippen LogP contribution in [0.5, 0.6) is 0 Å². The second-order valence-corrected chi connectivity index (χ2v) is 5.05. The average Bonchev–Trinajstić information content (AvgIpc) is 2.50. The van der Waals surface area contributed by atoms with Gasteiger partial charge in [-0.25, -0.2) is 0 Å². The zero-order valence-corrected chi connectivity index (χ0v) is 10.4. The van der Waals surface area contributed by atoms with Crippen LogP contribution in [0.1, 0.15) is 31.7 Å². The Kier molecular flexibility index (Phi) is 3.64. The van der Waals surface area contributed by atoms with E-state index in [-0.39, 0.29) is 0 Å². The predicted molar refractivity (Wildman–Crippen MR) is 68.8 cm³/mol. The van der Waals surface area contributed by atoms with Crippen LogP contribution in [0.15, 0.2) is 18.5 Å². The number of hydrogen-bond acceptors (Lipinski definition) is 4. The molecule has 1 unspecified atom stereocenters. The van der Waals surface area contributed by atoms with Crippen LogP contribution < -0.4 is 10.6 Å². The van der Waals surface area contributed by atoms with Crippen molar-refractivity contribution in [2.45, 2.75) is 38.3 Å². The van der Waals surface area contributed by atoms with Crippen LogP contribution in [-0.4, -0.2) is 28.8 Å². The van der Waals surface area contributed by atoms with Crippen molar-refractivity contribution in [3.8, 4) is 0 Å². The van der Waals surface area contributed by atoms with Crippen molar-refractivity contribution in [2.24, 2.45) is 5.73 Å². The molecule has 0 saturated carbocycles. The Bertz CT molecular complexity index is 379. The number of hydrogen-bond donors (Lipinski definition) is 2. The first-order valence-electron chi connectivity index (χ1n) is 6.23. The van der Waals surface area contributed by atoms with Crippen molar-refractivity contribution in [3.05, 3.63) is 24.0 Å². The van der Waals surface area contributed by atoms with Crippen LogP contribution in [0.4, 0.5) is 5.69 Å². The maximum Gasteiger partial charge on any atom is 0.0637 e. The van der Waals surface area contributed by atoms with Gasteiger partial charge in [0.15, 0.2) is 0 Å². The van der Waals surface area contributed by atoms with E-state index in [0.29, 0.717) is 6.54 Å². The summed E-state index contributed by atoms with van der Waals surface area (Å²) < 4.78 is 0. The molecule has 1 atom stereocenters. The first-order valence-corrected chi connectivity index (χ1v) is 6.23. The zero-order chi connectivity index (χ0) is 12.3. The molecule has 4 heteroatoms. The molecule has 0 aromatic carbocycles. The summed E-state index contributed by atoms with van der Waals surface area (Å²) in [6.45, 7) is 4.29. The van der Waals surface area contributed by atoms with Crippen molar-refractivity contribution in [2.75, 3.05) is 18.0 Å². The summed E-state index contributed by atoms with van der Waals surface area (Å²) in [5.74, 6) is 0. The summed E-state index contributed by atoms with van der Waals surface area (Å²) in [4.78, 5) is 6.46. The monoisotopic (exact) mass is 235 g/mol. The Morgan fingerprint density at radius 3 is 3.06 bits per heavy atom. The van der Waals surface area contributed by atoms with Gasteiger partial charge in [-0.15, -0.1) is 0 Å². The third-order valence-corrected chi connectivity index (χ3v) is 3.51. The highest BCUT2D eigenvalue weighted by atomic mass is 16.3. The Morgan fingerprint density at radius 1 is 1.47 bits per heavy atom. The Morgan fingerprint density at radius 2 is 2.29 bits per heavy atom. The van der Waals surface area contributed by atoms with Crippen LogP contribution in [0.2, 0.25) is 0 Å². The molecule has 2 rings (SSSR count). The number of aromatic nitrogens is 1. The van der Waals surface area contributed by atoms with Crippen LogP contribution in [-0.2, 0) is 6.54 Å². The second-order valence-electron chi connectivity index (χ2n) is 5.05. The zero-order valence-electron chi connectivity index (χ0n) is 10.4. The van der Waals surface area contributed by atoms with E-state index in [9.17, 15) is 5.11 Å². The average molecular weight is 235 g/mol. The third-order valence-electron chi connectivity index (χ3n) is 3.51. The van der Waals surface area contributed by atoms with Gasteiger partial charge >= 0.3 is 0 Å². The van der Waals surface area contributed by atoms with Crippen molar-refractivity contribution < 1.29 is 5.11 Å². The van der Waals surface area contributed by atoms with Gasteiger partial charge in [-0.2, -0.15) is 0 Å². The van der Waals surface area contributed by atoms with E-state index in [1.165, 1.54) is 0 Å². The summed E-state index contributed by atoms with van der Waals surface area (Å²) >= 11 is 0. The summed E-state index contributed by atoms with van der Waals surface area (Å²) in [7, 11) is 0. The fourth-order valence-electron chi connectivity index (χ4n) is 2.38. The Balaban J connectivity index is 2.17. The highest BCUT2D eigenvalue weighted by Gasteiger charge is 2.25. The number of nitrogens with two attached hydrogens (primary N) is 1. The molecule has 1 aromatic rings. The fourth-order valence-corrected chi connectivity index (χ4v) is 2.38. The molecule has 2 heterocycles. The molecule has 0 aliphatic carbocycles. The van der Waals surface area contributed by atoms with E-state index in [4.69, 9.17) is 5.73 Å². The van der Waals surface area contributed by atoms with Gasteiger partial charge < -0.3 is 15.7 Å². The van der Waals surface area contributed by atoms with Gasteiger partial charge in [-0.3, -0.25) is 4.98 Å². The Labute approximate surface area is 102 Å². The van der Waals surface area contributed by atoms with Crippen LogP contribution in [0.25, 0.3) is 0 Å². The summed E-state index contributed by atoms with van der Waals surface area (Å²) in [5.41, 5.74) is 7.46. The normalized spacial score (nSPS) is 25.7. The molecule has 1 saturated heterocycles. The van der Waals surface area contributed by atoms with Gasteiger partial charge in [0.1, 0.15) is 0 Å². The Hall–Kier alpha value is -1.13. The van der Waals surface area contributed by atoms with Gasteiger partial charge in [-0.1, -0.05) is 0 Å². The number of nitrogens with zero attached hydrogens (tertiary/aromatic N) is 2. The van der Waals surface area contributed by atoms with E-state index < -0.39 is 5.60 Å². The van der Waals surface area contributed by atoms with E-state index >= 15 is 0 Å². The minimum atomic E-state index is -0.528. The van der Waals surface area contributed by atoms with Crippen molar-refractivity contribution >= 4 is 5.69 Å². The summed E-state index contributed by atoms with van der Waals surface area (Å²) in [5, 5.41) is 10.1. The molecule has 1 fully saturated rings. The highest BCUT2D eigenvalue weighted by molar-refractivity contribution is 5.51. The van der Waals surface area contributed by atoms with E-state index in [1.807, 2.05) is 19.2 Å². The molecular formula is C13H21N3O. The standard InChI is InChI=1S/C13H21N3O/c1-13(17)4-2-7-16(8-5-13)12-10-15-6-3-11(12)9-14/h3,6,10,17H,2,4-5,7-9,14H2,1H3. The third kappa shape index (κ3) is 2.96. The highest BCUT2D eigenvalue weighted by Crippen LogP contribution is 2.26. The molecule has 0 amide bonds. The minimum Gasteiger partial charge on any atom is -0.390 e. The van der Waals surface area contributed by atoms with Crippen molar-refractivity contribution in [1.29, 1.82) is 0 Å². The smallest absolute Gasteiger partial charge is 0.0637 e. The number of aliphatic hydroxyl groups is 1.